The molecule has 1 heterocycles. The van der Waals surface area contributed by atoms with Crippen LogP contribution >= 0.6 is 11.3 Å². The predicted molar refractivity (Wildman–Crippen MR) is 86.3 cm³/mol. The Balaban J connectivity index is 2.03. The molecule has 21 heavy (non-hydrogen) atoms. The number of thiazole rings is 1. The molecule has 1 aromatic carbocycles. The van der Waals surface area contributed by atoms with E-state index >= 15 is 0 Å². The maximum atomic E-state index is 12.3. The molecule has 0 saturated carbocycles. The van der Waals surface area contributed by atoms with Gasteiger partial charge in [-0.1, -0.05) is 38.1 Å². The number of rotatable bonds is 5. The largest absolute Gasteiger partial charge is 0.336 e. The van der Waals surface area contributed by atoms with Gasteiger partial charge in [0.1, 0.15) is 10.7 Å². The fourth-order valence-electron chi connectivity index (χ4n) is 2.05. The average Bonchev–Trinajstić information content (AvgIpc) is 2.95. The van der Waals surface area contributed by atoms with E-state index in [2.05, 4.69) is 43.1 Å². The molecule has 1 aromatic heterocycles. The molecule has 2 aromatic rings. The number of carbonyl (C=O) groups excluding carboxylic acids is 1. The number of hydrogen-bond acceptors (Lipinski definition) is 4. The van der Waals surface area contributed by atoms with Gasteiger partial charge in [-0.3, -0.25) is 4.79 Å². The number of amides is 1. The highest BCUT2D eigenvalue weighted by Crippen LogP contribution is 2.16. The van der Waals surface area contributed by atoms with Gasteiger partial charge in [-0.15, -0.1) is 11.3 Å². The summed E-state index contributed by atoms with van der Waals surface area (Å²) in [5, 5.41) is 2.55. The van der Waals surface area contributed by atoms with E-state index in [4.69, 9.17) is 5.73 Å². The summed E-state index contributed by atoms with van der Waals surface area (Å²) >= 11 is 1.42. The van der Waals surface area contributed by atoms with Crippen molar-refractivity contribution in [3.8, 4) is 0 Å². The SMILES string of the molecule is CC(C)c1ccc(CN(C)C(=O)c2csc(CN)n2)cc1. The summed E-state index contributed by atoms with van der Waals surface area (Å²) in [6, 6.07) is 8.39. The lowest BCUT2D eigenvalue weighted by molar-refractivity contribution is 0.0780. The summed E-state index contributed by atoms with van der Waals surface area (Å²) in [4.78, 5) is 18.2. The number of hydrogen-bond donors (Lipinski definition) is 1. The molecule has 0 aliphatic heterocycles. The molecule has 0 radical (unpaired) electrons. The molecule has 0 unspecified atom stereocenters. The second-order valence-corrected chi connectivity index (χ2v) is 6.33. The number of aromatic nitrogens is 1. The lowest BCUT2D eigenvalue weighted by atomic mass is 10.0. The molecular weight excluding hydrogens is 282 g/mol. The van der Waals surface area contributed by atoms with E-state index in [0.717, 1.165) is 10.6 Å². The van der Waals surface area contributed by atoms with Crippen molar-refractivity contribution < 1.29 is 4.79 Å². The van der Waals surface area contributed by atoms with E-state index < -0.39 is 0 Å². The molecule has 2 N–H and O–H groups in total. The molecule has 0 spiro atoms. The van der Waals surface area contributed by atoms with Crippen molar-refractivity contribution >= 4 is 17.2 Å². The molecule has 4 nitrogen and oxygen atoms in total. The van der Waals surface area contributed by atoms with Crippen LogP contribution < -0.4 is 5.73 Å². The van der Waals surface area contributed by atoms with Gasteiger partial charge in [0.2, 0.25) is 0 Å². The molecule has 0 saturated heterocycles. The monoisotopic (exact) mass is 303 g/mol. The van der Waals surface area contributed by atoms with Crippen molar-refractivity contribution in [3.63, 3.8) is 0 Å². The van der Waals surface area contributed by atoms with Crippen LogP contribution in [0.3, 0.4) is 0 Å². The Kier molecular flexibility index (Phi) is 5.09. The lowest BCUT2D eigenvalue weighted by Crippen LogP contribution is -2.26. The molecule has 1 amide bonds. The first-order valence-corrected chi connectivity index (χ1v) is 7.88. The van der Waals surface area contributed by atoms with Crippen LogP contribution in [0.2, 0.25) is 0 Å². The zero-order valence-corrected chi connectivity index (χ0v) is 13.5. The Labute approximate surface area is 129 Å². The van der Waals surface area contributed by atoms with E-state index in [-0.39, 0.29) is 5.91 Å². The number of benzene rings is 1. The Morgan fingerprint density at radius 2 is 2.00 bits per heavy atom. The van der Waals surface area contributed by atoms with Gasteiger partial charge < -0.3 is 10.6 Å². The highest BCUT2D eigenvalue weighted by atomic mass is 32.1. The van der Waals surface area contributed by atoms with Crippen molar-refractivity contribution in [2.24, 2.45) is 5.73 Å². The smallest absolute Gasteiger partial charge is 0.273 e. The molecule has 0 fully saturated rings. The van der Waals surface area contributed by atoms with E-state index in [9.17, 15) is 4.79 Å². The van der Waals surface area contributed by atoms with Crippen LogP contribution in [-0.4, -0.2) is 22.8 Å². The Morgan fingerprint density at radius 1 is 1.33 bits per heavy atom. The fourth-order valence-corrected chi connectivity index (χ4v) is 2.70. The molecule has 5 heteroatoms. The first-order chi connectivity index (χ1) is 10.0. The van der Waals surface area contributed by atoms with E-state index in [1.807, 2.05) is 0 Å². The van der Waals surface area contributed by atoms with Crippen LogP contribution in [0.25, 0.3) is 0 Å². The second-order valence-electron chi connectivity index (χ2n) is 5.39. The minimum Gasteiger partial charge on any atom is -0.336 e. The Hall–Kier alpha value is -1.72. The quantitative estimate of drug-likeness (QED) is 0.923. The summed E-state index contributed by atoms with van der Waals surface area (Å²) < 4.78 is 0. The van der Waals surface area contributed by atoms with Gasteiger partial charge in [0.25, 0.3) is 5.91 Å². The van der Waals surface area contributed by atoms with E-state index in [1.54, 1.807) is 17.3 Å². The lowest BCUT2D eigenvalue weighted by Gasteiger charge is -2.16. The van der Waals surface area contributed by atoms with Gasteiger partial charge in [0.05, 0.1) is 0 Å². The zero-order valence-electron chi connectivity index (χ0n) is 12.7. The van der Waals surface area contributed by atoms with Gasteiger partial charge in [-0.25, -0.2) is 4.98 Å². The first kappa shape index (κ1) is 15.7. The van der Waals surface area contributed by atoms with Gasteiger partial charge in [0, 0.05) is 25.5 Å². The minimum absolute atomic E-state index is 0.0705. The van der Waals surface area contributed by atoms with E-state index in [0.29, 0.717) is 24.7 Å². The summed E-state index contributed by atoms with van der Waals surface area (Å²) in [7, 11) is 1.79. The molecule has 0 bridgehead atoms. The predicted octanol–water partition coefficient (Wildman–Crippen LogP) is 3.00. The Bertz CT molecular complexity index is 604. The summed E-state index contributed by atoms with van der Waals surface area (Å²) in [6.45, 7) is 5.29. The standard InChI is InChI=1S/C16H21N3OS/c1-11(2)13-6-4-12(5-7-13)9-19(3)16(20)14-10-21-15(8-17)18-14/h4-7,10-11H,8-9,17H2,1-3H3. The van der Waals surface area contributed by atoms with Crippen LogP contribution in [0, 0.1) is 0 Å². The van der Waals surface area contributed by atoms with Crippen LogP contribution in [0.5, 0.6) is 0 Å². The van der Waals surface area contributed by atoms with Crippen molar-refractivity contribution in [2.45, 2.75) is 32.9 Å². The molecular formula is C16H21N3OS. The molecule has 0 aliphatic carbocycles. The zero-order chi connectivity index (χ0) is 15.4. The second kappa shape index (κ2) is 6.83. The van der Waals surface area contributed by atoms with Gasteiger partial charge in [-0.2, -0.15) is 0 Å². The van der Waals surface area contributed by atoms with Gasteiger partial charge in [-0.05, 0) is 17.0 Å². The molecule has 0 aliphatic rings. The van der Waals surface area contributed by atoms with Crippen molar-refractivity contribution in [1.29, 1.82) is 0 Å². The maximum Gasteiger partial charge on any atom is 0.273 e. The summed E-state index contributed by atoms with van der Waals surface area (Å²) in [5.74, 6) is 0.446. The van der Waals surface area contributed by atoms with Gasteiger partial charge >= 0.3 is 0 Å². The first-order valence-electron chi connectivity index (χ1n) is 7.00. The van der Waals surface area contributed by atoms with E-state index in [1.165, 1.54) is 16.9 Å². The maximum absolute atomic E-state index is 12.3. The fraction of sp³-hybridized carbons (Fsp3) is 0.375. The van der Waals surface area contributed by atoms with Crippen LogP contribution in [-0.2, 0) is 13.1 Å². The topological polar surface area (TPSA) is 59.2 Å². The normalized spacial score (nSPS) is 10.9. The molecule has 0 atom stereocenters. The highest BCUT2D eigenvalue weighted by molar-refractivity contribution is 7.09. The molecule has 2 rings (SSSR count). The van der Waals surface area contributed by atoms with Crippen molar-refractivity contribution in [3.05, 3.63) is 51.5 Å². The summed E-state index contributed by atoms with van der Waals surface area (Å²) in [6.07, 6.45) is 0. The minimum atomic E-state index is -0.0705. The average molecular weight is 303 g/mol. The van der Waals surface area contributed by atoms with Gasteiger partial charge in [0.15, 0.2) is 0 Å². The molecule has 112 valence electrons. The third-order valence-electron chi connectivity index (χ3n) is 3.36. The van der Waals surface area contributed by atoms with Crippen molar-refractivity contribution in [2.75, 3.05) is 7.05 Å². The van der Waals surface area contributed by atoms with Crippen LogP contribution in [0.1, 0.15) is 46.4 Å². The third kappa shape index (κ3) is 3.89. The summed E-state index contributed by atoms with van der Waals surface area (Å²) in [5.41, 5.74) is 8.42. The van der Waals surface area contributed by atoms with Crippen LogP contribution in [0.4, 0.5) is 0 Å². The number of nitrogens with two attached hydrogens (primary N) is 1. The number of nitrogens with zero attached hydrogens (tertiary/aromatic N) is 2. The Morgan fingerprint density at radius 3 is 2.52 bits per heavy atom. The third-order valence-corrected chi connectivity index (χ3v) is 4.23. The van der Waals surface area contributed by atoms with Crippen molar-refractivity contribution in [1.82, 2.24) is 9.88 Å². The van der Waals surface area contributed by atoms with Crippen LogP contribution in [0.15, 0.2) is 29.6 Å². The highest BCUT2D eigenvalue weighted by Gasteiger charge is 2.15. The number of carbonyl (C=O) groups is 1.